The van der Waals surface area contributed by atoms with Crippen LogP contribution in [0.1, 0.15) is 51.0 Å². The van der Waals surface area contributed by atoms with E-state index >= 15 is 0 Å². The van der Waals surface area contributed by atoms with Crippen molar-refractivity contribution in [3.63, 3.8) is 0 Å². The van der Waals surface area contributed by atoms with E-state index in [1.165, 1.54) is 31.4 Å². The van der Waals surface area contributed by atoms with Gasteiger partial charge in [-0.1, -0.05) is 57.2 Å². The fraction of sp³-hybridized carbons (Fsp3) is 0.400. The molecule has 0 aliphatic rings. The first kappa shape index (κ1) is 23.2. The Morgan fingerprint density at radius 1 is 0.885 bits per heavy atom. The van der Waals surface area contributed by atoms with E-state index < -0.39 is 10.1 Å². The quantitative estimate of drug-likeness (QED) is 0.358. The Kier molecular flexibility index (Phi) is 10.5. The Balaban J connectivity index is 0.00000338. The number of rotatable bonds is 10. The zero-order valence-corrected chi connectivity index (χ0v) is 18.4. The summed E-state index contributed by atoms with van der Waals surface area (Å²) in [4.78, 5) is -0.138. The fourth-order valence-electron chi connectivity index (χ4n) is 2.78. The van der Waals surface area contributed by atoms with Crippen LogP contribution in [0.3, 0.4) is 0 Å². The van der Waals surface area contributed by atoms with E-state index in [0.29, 0.717) is 23.5 Å². The summed E-state index contributed by atoms with van der Waals surface area (Å²) in [5.74, 6) is 1.21. The minimum atomic E-state index is -4.48. The molecule has 0 saturated carbocycles. The molecule has 0 aromatic heterocycles. The normalized spacial score (nSPS) is 11.0. The zero-order chi connectivity index (χ0) is 18.1. The number of aryl methyl sites for hydroxylation is 1. The molecule has 0 aliphatic heterocycles. The summed E-state index contributed by atoms with van der Waals surface area (Å²) < 4.78 is 40.3. The van der Waals surface area contributed by atoms with E-state index in [-0.39, 0.29) is 34.5 Å². The van der Waals surface area contributed by atoms with Gasteiger partial charge in [-0.25, -0.2) is 8.42 Å². The number of para-hydroxylation sites is 1. The van der Waals surface area contributed by atoms with Gasteiger partial charge in [0.15, 0.2) is 0 Å². The second-order valence-electron chi connectivity index (χ2n) is 6.16. The SMILES string of the molecule is CCCCCCCCc1cc(Oc2ccccc2)ccc1S(=O)(=O)[O-].[Na+]. The predicted octanol–water partition coefficient (Wildman–Crippen LogP) is 2.29. The van der Waals surface area contributed by atoms with Gasteiger partial charge in [-0.3, -0.25) is 0 Å². The second kappa shape index (κ2) is 11.8. The third kappa shape index (κ3) is 7.80. The molecule has 2 aromatic carbocycles. The van der Waals surface area contributed by atoms with Crippen LogP contribution >= 0.6 is 0 Å². The topological polar surface area (TPSA) is 66.4 Å². The van der Waals surface area contributed by atoms with Crippen molar-refractivity contribution in [2.45, 2.75) is 56.8 Å². The summed E-state index contributed by atoms with van der Waals surface area (Å²) in [6.07, 6.45) is 7.20. The van der Waals surface area contributed by atoms with Gasteiger partial charge < -0.3 is 9.29 Å². The van der Waals surface area contributed by atoms with Gasteiger partial charge >= 0.3 is 29.6 Å². The van der Waals surface area contributed by atoms with Crippen molar-refractivity contribution in [2.24, 2.45) is 0 Å². The molecule has 2 aromatic rings. The number of hydrogen-bond donors (Lipinski definition) is 0. The molecule has 0 N–H and O–H groups in total. The van der Waals surface area contributed by atoms with Crippen molar-refractivity contribution < 1.29 is 47.3 Å². The molecule has 0 atom stereocenters. The van der Waals surface area contributed by atoms with Gasteiger partial charge in [0.1, 0.15) is 21.6 Å². The predicted molar refractivity (Wildman–Crippen MR) is 98.0 cm³/mol. The van der Waals surface area contributed by atoms with Crippen molar-refractivity contribution in [1.29, 1.82) is 0 Å². The molecule has 0 heterocycles. The number of unbranched alkanes of at least 4 members (excludes halogenated alkanes) is 5. The van der Waals surface area contributed by atoms with Crippen LogP contribution in [0, 0.1) is 0 Å². The van der Waals surface area contributed by atoms with Crippen molar-refractivity contribution >= 4 is 10.1 Å². The minimum absolute atomic E-state index is 0. The molecular weight excluding hydrogens is 359 g/mol. The fourth-order valence-corrected chi connectivity index (χ4v) is 3.50. The standard InChI is InChI=1S/C20H26O4S.Na/c1-2-3-4-5-6-8-11-17-16-19(14-15-20(17)25(21,22)23)24-18-12-9-7-10-13-18;/h7,9-10,12-16H,2-6,8,11H2,1H3,(H,21,22,23);/q;+1/p-1. The first-order chi connectivity index (χ1) is 12.0. The summed E-state index contributed by atoms with van der Waals surface area (Å²) in [5.41, 5.74) is 0.541. The van der Waals surface area contributed by atoms with E-state index in [1.807, 2.05) is 30.3 Å². The van der Waals surface area contributed by atoms with Gasteiger partial charge in [-0.05, 0) is 48.7 Å². The molecule has 0 aliphatic carbocycles. The Morgan fingerprint density at radius 3 is 2.19 bits per heavy atom. The first-order valence-electron chi connectivity index (χ1n) is 8.82. The van der Waals surface area contributed by atoms with Crippen molar-refractivity contribution in [1.82, 2.24) is 0 Å². The van der Waals surface area contributed by atoms with E-state index in [1.54, 1.807) is 6.07 Å². The Bertz CT molecular complexity index is 761. The molecule has 26 heavy (non-hydrogen) atoms. The Labute approximate surface area is 179 Å². The minimum Gasteiger partial charge on any atom is -0.744 e. The van der Waals surface area contributed by atoms with Crippen molar-refractivity contribution in [3.05, 3.63) is 54.1 Å². The summed E-state index contributed by atoms with van der Waals surface area (Å²) in [6.45, 7) is 2.17. The molecule has 0 saturated heterocycles. The maximum absolute atomic E-state index is 11.5. The molecule has 6 heteroatoms. The van der Waals surface area contributed by atoms with Gasteiger partial charge in [0, 0.05) is 0 Å². The largest absolute Gasteiger partial charge is 1.00 e. The van der Waals surface area contributed by atoms with Crippen LogP contribution in [0.2, 0.25) is 0 Å². The van der Waals surface area contributed by atoms with Crippen LogP contribution in [-0.2, 0) is 16.5 Å². The maximum Gasteiger partial charge on any atom is 1.00 e. The number of benzene rings is 2. The summed E-state index contributed by atoms with van der Waals surface area (Å²) >= 11 is 0. The molecule has 0 radical (unpaired) electrons. The van der Waals surface area contributed by atoms with Crippen LogP contribution < -0.4 is 34.3 Å². The molecular formula is C20H25NaO4S. The third-order valence-electron chi connectivity index (χ3n) is 4.08. The van der Waals surface area contributed by atoms with Crippen LogP contribution in [0.5, 0.6) is 11.5 Å². The Hall–Kier alpha value is -0.850. The van der Waals surface area contributed by atoms with Crippen molar-refractivity contribution in [2.75, 3.05) is 0 Å². The zero-order valence-electron chi connectivity index (χ0n) is 15.6. The molecule has 0 spiro atoms. The van der Waals surface area contributed by atoms with Gasteiger partial charge in [0.25, 0.3) is 0 Å². The number of hydrogen-bond acceptors (Lipinski definition) is 4. The van der Waals surface area contributed by atoms with Gasteiger partial charge in [-0.15, -0.1) is 0 Å². The van der Waals surface area contributed by atoms with Crippen LogP contribution in [0.25, 0.3) is 0 Å². The molecule has 0 bridgehead atoms. The second-order valence-corrected chi connectivity index (χ2v) is 7.50. The van der Waals surface area contributed by atoms with Crippen LogP contribution in [0.4, 0.5) is 0 Å². The molecule has 0 fully saturated rings. The van der Waals surface area contributed by atoms with Gasteiger partial charge in [0.2, 0.25) is 0 Å². The number of ether oxygens (including phenoxy) is 1. The van der Waals surface area contributed by atoms with Gasteiger partial charge in [-0.2, -0.15) is 0 Å². The van der Waals surface area contributed by atoms with Gasteiger partial charge in [0.05, 0.1) is 4.90 Å². The van der Waals surface area contributed by atoms with E-state index in [4.69, 9.17) is 4.74 Å². The monoisotopic (exact) mass is 384 g/mol. The van der Waals surface area contributed by atoms with Crippen LogP contribution in [-0.4, -0.2) is 13.0 Å². The molecule has 136 valence electrons. The van der Waals surface area contributed by atoms with E-state index in [0.717, 1.165) is 19.3 Å². The summed E-state index contributed by atoms with van der Waals surface area (Å²) in [6, 6.07) is 13.8. The average Bonchev–Trinajstić information content (AvgIpc) is 2.58. The maximum atomic E-state index is 11.5. The summed E-state index contributed by atoms with van der Waals surface area (Å²) in [7, 11) is -4.48. The first-order valence-corrected chi connectivity index (χ1v) is 10.2. The molecule has 2 rings (SSSR count). The van der Waals surface area contributed by atoms with E-state index in [9.17, 15) is 13.0 Å². The molecule has 0 unspecified atom stereocenters. The van der Waals surface area contributed by atoms with Crippen molar-refractivity contribution in [3.8, 4) is 11.5 Å². The van der Waals surface area contributed by atoms with Crippen LogP contribution in [0.15, 0.2) is 53.4 Å². The smallest absolute Gasteiger partial charge is 0.744 e. The average molecular weight is 384 g/mol. The summed E-state index contributed by atoms with van der Waals surface area (Å²) in [5, 5.41) is 0. The molecule has 0 amide bonds. The third-order valence-corrected chi connectivity index (χ3v) is 5.02. The molecule has 4 nitrogen and oxygen atoms in total. The van der Waals surface area contributed by atoms with E-state index in [2.05, 4.69) is 6.92 Å². The Morgan fingerprint density at radius 2 is 1.54 bits per heavy atom.